The second kappa shape index (κ2) is 5.90. The molecule has 0 aliphatic carbocycles. The molecular weight excluding hydrogens is 208 g/mol. The zero-order chi connectivity index (χ0) is 12.0. The summed E-state index contributed by atoms with van der Waals surface area (Å²) in [7, 11) is 1.30. The molecule has 0 fully saturated rings. The highest BCUT2D eigenvalue weighted by molar-refractivity contribution is 5.95. The zero-order valence-corrected chi connectivity index (χ0v) is 9.36. The van der Waals surface area contributed by atoms with Gasteiger partial charge in [0.05, 0.1) is 24.8 Å². The Hall–Kier alpha value is -1.84. The second-order valence-corrected chi connectivity index (χ2v) is 3.21. The van der Waals surface area contributed by atoms with Gasteiger partial charge in [-0.25, -0.2) is 9.59 Å². The highest BCUT2D eigenvalue weighted by atomic mass is 16.5. The molecule has 1 aromatic carbocycles. The van der Waals surface area contributed by atoms with Crippen LogP contribution in [-0.2, 0) is 9.47 Å². The van der Waals surface area contributed by atoms with Crippen LogP contribution in [0.4, 0.5) is 0 Å². The number of rotatable bonds is 4. The van der Waals surface area contributed by atoms with Gasteiger partial charge in [-0.1, -0.05) is 13.0 Å². The van der Waals surface area contributed by atoms with E-state index in [0.717, 1.165) is 6.42 Å². The van der Waals surface area contributed by atoms with E-state index >= 15 is 0 Å². The van der Waals surface area contributed by atoms with Crippen LogP contribution in [-0.4, -0.2) is 25.7 Å². The quantitative estimate of drug-likeness (QED) is 0.731. The SMILES string of the molecule is CCCOC(=O)c1cccc(C(=O)OC)c1. The summed E-state index contributed by atoms with van der Waals surface area (Å²) in [5.74, 6) is -0.891. The number of benzene rings is 1. The van der Waals surface area contributed by atoms with Crippen molar-refractivity contribution < 1.29 is 19.1 Å². The molecule has 0 spiro atoms. The molecule has 0 aliphatic rings. The van der Waals surface area contributed by atoms with Crippen LogP contribution in [0.2, 0.25) is 0 Å². The van der Waals surface area contributed by atoms with E-state index in [1.807, 2.05) is 6.92 Å². The lowest BCUT2D eigenvalue weighted by molar-refractivity contribution is 0.0505. The predicted octanol–water partition coefficient (Wildman–Crippen LogP) is 2.04. The predicted molar refractivity (Wildman–Crippen MR) is 58.4 cm³/mol. The number of carbonyl (C=O) groups excluding carboxylic acids is 2. The molecule has 0 amide bonds. The third-order valence-corrected chi connectivity index (χ3v) is 1.96. The summed E-state index contributed by atoms with van der Waals surface area (Å²) in [5, 5.41) is 0. The van der Waals surface area contributed by atoms with Gasteiger partial charge in [0, 0.05) is 0 Å². The van der Waals surface area contributed by atoms with Gasteiger partial charge in [-0.05, 0) is 24.6 Å². The monoisotopic (exact) mass is 222 g/mol. The first-order chi connectivity index (χ1) is 7.69. The van der Waals surface area contributed by atoms with Gasteiger partial charge in [0.15, 0.2) is 0 Å². The van der Waals surface area contributed by atoms with Crippen LogP contribution in [0.15, 0.2) is 24.3 Å². The van der Waals surface area contributed by atoms with E-state index in [4.69, 9.17) is 4.74 Å². The molecule has 1 rings (SSSR count). The Labute approximate surface area is 94.2 Å². The van der Waals surface area contributed by atoms with Crippen LogP contribution in [0.1, 0.15) is 34.1 Å². The van der Waals surface area contributed by atoms with E-state index in [-0.39, 0.29) is 0 Å². The van der Waals surface area contributed by atoms with Crippen LogP contribution < -0.4 is 0 Å². The van der Waals surface area contributed by atoms with E-state index in [1.54, 1.807) is 18.2 Å². The van der Waals surface area contributed by atoms with E-state index < -0.39 is 11.9 Å². The van der Waals surface area contributed by atoms with E-state index in [9.17, 15) is 9.59 Å². The minimum atomic E-state index is -0.467. The average Bonchev–Trinajstić information content (AvgIpc) is 2.35. The lowest BCUT2D eigenvalue weighted by atomic mass is 10.1. The first-order valence-electron chi connectivity index (χ1n) is 5.04. The van der Waals surface area contributed by atoms with Gasteiger partial charge in [-0.15, -0.1) is 0 Å². The van der Waals surface area contributed by atoms with Crippen molar-refractivity contribution in [1.82, 2.24) is 0 Å². The molecule has 0 heterocycles. The molecule has 0 aromatic heterocycles. The van der Waals surface area contributed by atoms with Gasteiger partial charge < -0.3 is 9.47 Å². The van der Waals surface area contributed by atoms with Crippen molar-refractivity contribution in [1.29, 1.82) is 0 Å². The molecule has 0 atom stereocenters. The molecule has 4 nitrogen and oxygen atoms in total. The van der Waals surface area contributed by atoms with E-state index in [2.05, 4.69) is 4.74 Å². The molecule has 0 saturated carbocycles. The standard InChI is InChI=1S/C12H14O4/c1-3-7-16-12(14)10-6-4-5-9(8-10)11(13)15-2/h4-6,8H,3,7H2,1-2H3. The average molecular weight is 222 g/mol. The van der Waals surface area contributed by atoms with Crippen LogP contribution >= 0.6 is 0 Å². The van der Waals surface area contributed by atoms with Crippen molar-refractivity contribution in [3.8, 4) is 0 Å². The third-order valence-electron chi connectivity index (χ3n) is 1.96. The maximum absolute atomic E-state index is 11.5. The summed E-state index contributed by atoms with van der Waals surface area (Å²) in [6.45, 7) is 2.29. The molecule has 0 bridgehead atoms. The Bertz CT molecular complexity index is 384. The number of ether oxygens (including phenoxy) is 2. The summed E-state index contributed by atoms with van der Waals surface area (Å²) in [6, 6.07) is 6.27. The Morgan fingerprint density at radius 1 is 1.19 bits per heavy atom. The molecule has 0 radical (unpaired) electrons. The van der Waals surface area contributed by atoms with Crippen molar-refractivity contribution in [3.63, 3.8) is 0 Å². The zero-order valence-electron chi connectivity index (χ0n) is 9.36. The van der Waals surface area contributed by atoms with Gasteiger partial charge in [0.2, 0.25) is 0 Å². The normalized spacial score (nSPS) is 9.62. The third kappa shape index (κ3) is 3.08. The highest BCUT2D eigenvalue weighted by Crippen LogP contribution is 2.08. The van der Waals surface area contributed by atoms with Crippen molar-refractivity contribution in [2.75, 3.05) is 13.7 Å². The maximum atomic E-state index is 11.5. The van der Waals surface area contributed by atoms with E-state index in [1.165, 1.54) is 13.2 Å². The molecule has 0 saturated heterocycles. The molecule has 16 heavy (non-hydrogen) atoms. The van der Waals surface area contributed by atoms with Crippen LogP contribution in [0.3, 0.4) is 0 Å². The van der Waals surface area contributed by atoms with Gasteiger partial charge in [-0.2, -0.15) is 0 Å². The van der Waals surface area contributed by atoms with Crippen molar-refractivity contribution in [3.05, 3.63) is 35.4 Å². The summed E-state index contributed by atoms with van der Waals surface area (Å²) in [6.07, 6.45) is 0.766. The molecule has 0 unspecified atom stereocenters. The van der Waals surface area contributed by atoms with Crippen molar-refractivity contribution in [2.45, 2.75) is 13.3 Å². The highest BCUT2D eigenvalue weighted by Gasteiger charge is 2.10. The number of esters is 2. The maximum Gasteiger partial charge on any atom is 0.338 e. The fourth-order valence-electron chi connectivity index (χ4n) is 1.17. The first kappa shape index (κ1) is 12.2. The van der Waals surface area contributed by atoms with E-state index in [0.29, 0.717) is 17.7 Å². The Morgan fingerprint density at radius 3 is 2.38 bits per heavy atom. The molecular formula is C12H14O4. The topological polar surface area (TPSA) is 52.6 Å². The fourth-order valence-corrected chi connectivity index (χ4v) is 1.17. The number of carbonyl (C=O) groups is 2. The lowest BCUT2D eigenvalue weighted by Gasteiger charge is -2.04. The minimum absolute atomic E-state index is 0.341. The summed E-state index contributed by atoms with van der Waals surface area (Å²) in [5.41, 5.74) is 0.699. The van der Waals surface area contributed by atoms with Crippen molar-refractivity contribution in [2.24, 2.45) is 0 Å². The fraction of sp³-hybridized carbons (Fsp3) is 0.333. The van der Waals surface area contributed by atoms with Gasteiger partial charge in [0.25, 0.3) is 0 Å². The van der Waals surface area contributed by atoms with Crippen LogP contribution in [0.25, 0.3) is 0 Å². The van der Waals surface area contributed by atoms with Crippen LogP contribution in [0, 0.1) is 0 Å². The molecule has 86 valence electrons. The molecule has 0 aliphatic heterocycles. The van der Waals surface area contributed by atoms with Gasteiger partial charge in [-0.3, -0.25) is 0 Å². The van der Waals surface area contributed by atoms with Crippen LogP contribution in [0.5, 0.6) is 0 Å². The minimum Gasteiger partial charge on any atom is -0.465 e. The largest absolute Gasteiger partial charge is 0.465 e. The second-order valence-electron chi connectivity index (χ2n) is 3.21. The van der Waals surface area contributed by atoms with Crippen molar-refractivity contribution >= 4 is 11.9 Å². The molecule has 4 heteroatoms. The Balaban J connectivity index is 2.81. The Morgan fingerprint density at radius 2 is 1.81 bits per heavy atom. The molecule has 1 aromatic rings. The Kier molecular flexibility index (Phi) is 4.51. The van der Waals surface area contributed by atoms with Gasteiger partial charge >= 0.3 is 11.9 Å². The smallest absolute Gasteiger partial charge is 0.338 e. The summed E-state index contributed by atoms with van der Waals surface area (Å²) < 4.78 is 9.52. The number of hydrogen-bond acceptors (Lipinski definition) is 4. The summed E-state index contributed by atoms with van der Waals surface area (Å²) in [4.78, 5) is 22.7. The molecule has 0 N–H and O–H groups in total. The van der Waals surface area contributed by atoms with Gasteiger partial charge in [0.1, 0.15) is 0 Å². The first-order valence-corrected chi connectivity index (χ1v) is 5.04. The lowest BCUT2D eigenvalue weighted by Crippen LogP contribution is -2.08. The number of methoxy groups -OCH3 is 1. The summed E-state index contributed by atoms with van der Waals surface area (Å²) >= 11 is 0. The number of hydrogen-bond donors (Lipinski definition) is 0.